The Kier molecular flexibility index (Phi) is 3.24. The van der Waals surface area contributed by atoms with Gasteiger partial charge in [-0.25, -0.2) is 0 Å². The molecular weight excluding hydrogens is 188 g/mol. The van der Waals surface area contributed by atoms with Crippen molar-refractivity contribution < 1.29 is 14.8 Å². The molecule has 1 aromatic carbocycles. The summed E-state index contributed by atoms with van der Waals surface area (Å²) in [7, 11) is 1.36. The molecule has 0 spiro atoms. The highest BCUT2D eigenvalue weighted by atomic mass is 16.6. The van der Waals surface area contributed by atoms with Crippen molar-refractivity contribution in [3.8, 4) is 5.75 Å². The number of nitrogens with zero attached hydrogens (tertiary/aromatic N) is 1. The van der Waals surface area contributed by atoms with Crippen LogP contribution in [0.25, 0.3) is 0 Å². The van der Waals surface area contributed by atoms with Gasteiger partial charge in [-0.2, -0.15) is 0 Å². The molecule has 0 heterocycles. The number of aliphatic hydroxyl groups excluding tert-OH is 1. The molecule has 0 saturated heterocycles. The fraction of sp³-hybridized carbons (Fsp3) is 0.250. The van der Waals surface area contributed by atoms with Gasteiger partial charge in [-0.05, 0) is 12.1 Å². The van der Waals surface area contributed by atoms with Crippen LogP contribution in [0.3, 0.4) is 0 Å². The zero-order valence-electron chi connectivity index (χ0n) is 7.56. The van der Waals surface area contributed by atoms with Crippen molar-refractivity contribution in [3.63, 3.8) is 0 Å². The first-order chi connectivity index (χ1) is 6.69. The second-order valence-corrected chi connectivity index (χ2v) is 2.48. The molecule has 0 atom stereocenters. The van der Waals surface area contributed by atoms with Gasteiger partial charge in [-0.3, -0.25) is 10.1 Å². The van der Waals surface area contributed by atoms with E-state index >= 15 is 0 Å². The minimum Gasteiger partial charge on any atom is -0.490 e. The van der Waals surface area contributed by atoms with Crippen LogP contribution in [0.4, 0.5) is 11.4 Å². The Labute approximate surface area is 80.3 Å². The van der Waals surface area contributed by atoms with Crippen LogP contribution < -0.4 is 10.1 Å². The van der Waals surface area contributed by atoms with Gasteiger partial charge >= 0.3 is 5.69 Å². The minimum atomic E-state index is -0.540. The predicted molar refractivity (Wildman–Crippen MR) is 50.4 cm³/mol. The van der Waals surface area contributed by atoms with Crippen LogP contribution in [0, 0.1) is 10.1 Å². The molecule has 1 rings (SSSR count). The normalized spacial score (nSPS) is 9.57. The maximum Gasteiger partial charge on any atom is 0.312 e. The Morgan fingerprint density at radius 2 is 2.36 bits per heavy atom. The summed E-state index contributed by atoms with van der Waals surface area (Å²) >= 11 is 0. The first-order valence-electron chi connectivity index (χ1n) is 3.86. The van der Waals surface area contributed by atoms with Gasteiger partial charge in [0.25, 0.3) is 0 Å². The average molecular weight is 198 g/mol. The summed E-state index contributed by atoms with van der Waals surface area (Å²) in [6.45, 7) is -0.274. The maximum atomic E-state index is 10.6. The predicted octanol–water partition coefficient (Wildman–Crippen LogP) is 0.965. The molecule has 76 valence electrons. The largest absolute Gasteiger partial charge is 0.490 e. The van der Waals surface area contributed by atoms with Gasteiger partial charge in [0.1, 0.15) is 6.73 Å². The summed E-state index contributed by atoms with van der Waals surface area (Å²) in [6.07, 6.45) is 0. The third kappa shape index (κ3) is 2.11. The van der Waals surface area contributed by atoms with Crippen molar-refractivity contribution in [2.24, 2.45) is 0 Å². The summed E-state index contributed by atoms with van der Waals surface area (Å²) in [4.78, 5) is 10.0. The van der Waals surface area contributed by atoms with E-state index in [0.29, 0.717) is 5.69 Å². The Morgan fingerprint density at radius 1 is 1.64 bits per heavy atom. The van der Waals surface area contributed by atoms with E-state index in [1.54, 1.807) is 6.07 Å². The molecule has 0 aromatic heterocycles. The van der Waals surface area contributed by atoms with Crippen molar-refractivity contribution in [3.05, 3.63) is 28.3 Å². The van der Waals surface area contributed by atoms with E-state index in [2.05, 4.69) is 5.32 Å². The number of anilines is 1. The molecule has 6 heteroatoms. The van der Waals surface area contributed by atoms with Crippen LogP contribution >= 0.6 is 0 Å². The number of nitro groups is 1. The van der Waals surface area contributed by atoms with E-state index in [-0.39, 0.29) is 18.2 Å². The van der Waals surface area contributed by atoms with E-state index in [0.717, 1.165) is 0 Å². The first-order valence-corrected chi connectivity index (χ1v) is 3.86. The lowest BCUT2D eigenvalue weighted by Gasteiger charge is -2.05. The van der Waals surface area contributed by atoms with Gasteiger partial charge in [0.15, 0.2) is 5.75 Å². The molecule has 14 heavy (non-hydrogen) atoms. The number of benzene rings is 1. The maximum absolute atomic E-state index is 10.6. The summed E-state index contributed by atoms with van der Waals surface area (Å²) in [6, 6.07) is 4.35. The van der Waals surface area contributed by atoms with E-state index < -0.39 is 4.92 Å². The average Bonchev–Trinajstić information content (AvgIpc) is 2.18. The van der Waals surface area contributed by atoms with Crippen molar-refractivity contribution in [1.82, 2.24) is 0 Å². The monoisotopic (exact) mass is 198 g/mol. The number of ether oxygens (including phenoxy) is 1. The molecular formula is C8H10N2O4. The Morgan fingerprint density at radius 3 is 2.86 bits per heavy atom. The molecule has 0 amide bonds. The highest BCUT2D eigenvalue weighted by Crippen LogP contribution is 2.29. The number of nitrogens with one attached hydrogen (secondary N) is 1. The van der Waals surface area contributed by atoms with Gasteiger partial charge < -0.3 is 15.2 Å². The van der Waals surface area contributed by atoms with E-state index in [1.807, 2.05) is 0 Å². The van der Waals surface area contributed by atoms with Gasteiger partial charge in [-0.15, -0.1) is 0 Å². The summed E-state index contributed by atoms with van der Waals surface area (Å²) in [5, 5.41) is 21.7. The van der Waals surface area contributed by atoms with E-state index in [9.17, 15) is 10.1 Å². The summed E-state index contributed by atoms with van der Waals surface area (Å²) < 4.78 is 4.81. The lowest BCUT2D eigenvalue weighted by Crippen LogP contribution is -2.01. The van der Waals surface area contributed by atoms with Crippen molar-refractivity contribution in [2.45, 2.75) is 0 Å². The lowest BCUT2D eigenvalue weighted by molar-refractivity contribution is -0.385. The van der Waals surface area contributed by atoms with Crippen LogP contribution in [-0.4, -0.2) is 23.9 Å². The van der Waals surface area contributed by atoms with Crippen LogP contribution in [0.5, 0.6) is 5.75 Å². The first kappa shape index (κ1) is 10.3. The molecule has 6 nitrogen and oxygen atoms in total. The smallest absolute Gasteiger partial charge is 0.312 e. The zero-order chi connectivity index (χ0) is 10.6. The van der Waals surface area contributed by atoms with Crippen LogP contribution in [0.1, 0.15) is 0 Å². The molecule has 0 saturated carbocycles. The van der Waals surface area contributed by atoms with Crippen molar-refractivity contribution >= 4 is 11.4 Å². The molecule has 2 N–H and O–H groups in total. The van der Waals surface area contributed by atoms with Gasteiger partial charge in [-0.1, -0.05) is 0 Å². The SMILES string of the molecule is COc1ccc(NCO)cc1[N+](=O)[O-]. The topological polar surface area (TPSA) is 84.6 Å². The minimum absolute atomic E-state index is 0.133. The standard InChI is InChI=1S/C8H10N2O4/c1-14-8-3-2-6(9-5-11)4-7(8)10(12)13/h2-4,9,11H,5H2,1H3. The fourth-order valence-corrected chi connectivity index (χ4v) is 1.03. The number of hydrogen-bond donors (Lipinski definition) is 2. The number of rotatable bonds is 4. The number of methoxy groups -OCH3 is 1. The van der Waals surface area contributed by atoms with Crippen molar-refractivity contribution in [2.75, 3.05) is 19.2 Å². The molecule has 0 aliphatic rings. The fourth-order valence-electron chi connectivity index (χ4n) is 1.03. The van der Waals surface area contributed by atoms with Gasteiger partial charge in [0.05, 0.1) is 12.0 Å². The Balaban J connectivity index is 3.07. The number of nitro benzene ring substituents is 1. The number of aliphatic hydroxyl groups is 1. The Bertz CT molecular complexity index is 340. The van der Waals surface area contributed by atoms with Gasteiger partial charge in [0.2, 0.25) is 0 Å². The van der Waals surface area contributed by atoms with Gasteiger partial charge in [0, 0.05) is 11.8 Å². The summed E-state index contributed by atoms with van der Waals surface area (Å²) in [5.41, 5.74) is 0.339. The highest BCUT2D eigenvalue weighted by molar-refractivity contribution is 5.58. The molecule has 0 fully saturated rings. The van der Waals surface area contributed by atoms with Crippen molar-refractivity contribution in [1.29, 1.82) is 0 Å². The highest BCUT2D eigenvalue weighted by Gasteiger charge is 2.14. The second kappa shape index (κ2) is 4.43. The van der Waals surface area contributed by atoms with E-state index in [1.165, 1.54) is 19.2 Å². The lowest BCUT2D eigenvalue weighted by atomic mass is 10.2. The van der Waals surface area contributed by atoms with Crippen LogP contribution in [0.15, 0.2) is 18.2 Å². The molecule has 0 aliphatic carbocycles. The molecule has 0 bridgehead atoms. The molecule has 0 aliphatic heterocycles. The van der Waals surface area contributed by atoms with E-state index in [4.69, 9.17) is 9.84 Å². The molecule has 1 aromatic rings. The third-order valence-electron chi connectivity index (χ3n) is 1.66. The zero-order valence-corrected chi connectivity index (χ0v) is 7.56. The quantitative estimate of drug-likeness (QED) is 0.427. The molecule has 0 unspecified atom stereocenters. The second-order valence-electron chi connectivity index (χ2n) is 2.48. The Hall–Kier alpha value is -1.82. The number of hydrogen-bond acceptors (Lipinski definition) is 5. The van der Waals surface area contributed by atoms with Crippen LogP contribution in [0.2, 0.25) is 0 Å². The van der Waals surface area contributed by atoms with Crippen LogP contribution in [-0.2, 0) is 0 Å². The summed E-state index contributed by atoms with van der Waals surface area (Å²) in [5.74, 6) is 0.193. The molecule has 0 radical (unpaired) electrons. The third-order valence-corrected chi connectivity index (χ3v) is 1.66.